The third-order valence-corrected chi connectivity index (χ3v) is 1.26. The lowest BCUT2D eigenvalue weighted by Crippen LogP contribution is -1.80. The molecule has 0 aliphatic carbocycles. The van der Waals surface area contributed by atoms with Crippen LogP contribution in [-0.4, -0.2) is 7.11 Å². The highest BCUT2D eigenvalue weighted by Crippen LogP contribution is 2.09. The normalized spacial score (nSPS) is 7.87. The smallest absolute Gasteiger partial charge is 0.118 e. The Hall–Kier alpha value is -0.980. The van der Waals surface area contributed by atoms with Crippen LogP contribution < -0.4 is 4.74 Å². The summed E-state index contributed by atoms with van der Waals surface area (Å²) in [6.45, 7) is 10.6. The van der Waals surface area contributed by atoms with E-state index in [0.29, 0.717) is 0 Å². The Kier molecular flexibility index (Phi) is 14.3. The van der Waals surface area contributed by atoms with E-state index in [9.17, 15) is 0 Å². The van der Waals surface area contributed by atoms with Crippen LogP contribution >= 0.6 is 0 Å². The lowest BCUT2D eigenvalue weighted by atomic mass is 10.2. The Labute approximate surface area is 95.5 Å². The summed E-state index contributed by atoms with van der Waals surface area (Å²) in [5.41, 5.74) is 1.26. The highest BCUT2D eigenvalue weighted by Gasteiger charge is 1.85. The molecule has 1 rings (SSSR count). The van der Waals surface area contributed by atoms with Gasteiger partial charge in [-0.25, -0.2) is 0 Å². The molecule has 0 aliphatic rings. The standard InChI is InChI=1S/C8H10O.2C3H8/c1-7-3-5-8(9-2)6-4-7;2*1-3-2/h3-6H,1-2H3;2*3H2,1-2H3. The molecule has 0 amide bonds. The highest BCUT2D eigenvalue weighted by atomic mass is 16.5. The van der Waals surface area contributed by atoms with Gasteiger partial charge in [0.25, 0.3) is 0 Å². The van der Waals surface area contributed by atoms with Gasteiger partial charge in [-0.2, -0.15) is 0 Å². The van der Waals surface area contributed by atoms with Crippen molar-refractivity contribution in [2.45, 2.75) is 47.5 Å². The van der Waals surface area contributed by atoms with Crippen molar-refractivity contribution in [3.8, 4) is 5.75 Å². The molecule has 0 unspecified atom stereocenters. The minimum atomic E-state index is 0.917. The van der Waals surface area contributed by atoms with E-state index >= 15 is 0 Å². The van der Waals surface area contributed by atoms with E-state index in [1.54, 1.807) is 7.11 Å². The predicted molar refractivity (Wildman–Crippen MR) is 69.7 cm³/mol. The lowest BCUT2D eigenvalue weighted by Gasteiger charge is -1.97. The zero-order valence-corrected chi connectivity index (χ0v) is 11.1. The molecule has 0 bridgehead atoms. The molecule has 0 heterocycles. The average molecular weight is 210 g/mol. The summed E-state index contributed by atoms with van der Waals surface area (Å²) >= 11 is 0. The van der Waals surface area contributed by atoms with Gasteiger partial charge in [-0.15, -0.1) is 0 Å². The molecule has 0 spiro atoms. The second-order valence-corrected chi connectivity index (χ2v) is 3.43. The van der Waals surface area contributed by atoms with Crippen molar-refractivity contribution >= 4 is 0 Å². The molecule has 0 atom stereocenters. The molecule has 0 saturated carbocycles. The van der Waals surface area contributed by atoms with Crippen LogP contribution in [0.5, 0.6) is 5.75 Å². The summed E-state index contributed by atoms with van der Waals surface area (Å²) in [5.74, 6) is 0.917. The van der Waals surface area contributed by atoms with Crippen LogP contribution in [0, 0.1) is 6.92 Å². The number of methoxy groups -OCH3 is 1. The maximum atomic E-state index is 4.97. The Morgan fingerprint density at radius 3 is 1.47 bits per heavy atom. The minimum Gasteiger partial charge on any atom is -0.497 e. The third kappa shape index (κ3) is 13.0. The molecule has 0 radical (unpaired) electrons. The second kappa shape index (κ2) is 13.0. The minimum absolute atomic E-state index is 0.917. The molecule has 15 heavy (non-hydrogen) atoms. The van der Waals surface area contributed by atoms with E-state index in [1.807, 2.05) is 24.3 Å². The van der Waals surface area contributed by atoms with Crippen LogP contribution in [0.15, 0.2) is 24.3 Å². The van der Waals surface area contributed by atoms with Gasteiger partial charge in [-0.05, 0) is 19.1 Å². The van der Waals surface area contributed by atoms with Crippen LogP contribution in [0.4, 0.5) is 0 Å². The van der Waals surface area contributed by atoms with Crippen molar-refractivity contribution in [2.24, 2.45) is 0 Å². The first-order valence-corrected chi connectivity index (χ1v) is 5.76. The molecule has 0 saturated heterocycles. The van der Waals surface area contributed by atoms with E-state index in [2.05, 4.69) is 34.6 Å². The highest BCUT2D eigenvalue weighted by molar-refractivity contribution is 5.25. The van der Waals surface area contributed by atoms with E-state index in [-0.39, 0.29) is 0 Å². The third-order valence-electron chi connectivity index (χ3n) is 1.26. The Bertz CT molecular complexity index is 199. The van der Waals surface area contributed by atoms with Gasteiger partial charge in [0, 0.05) is 0 Å². The first kappa shape index (κ1) is 16.4. The fourth-order valence-electron chi connectivity index (χ4n) is 0.674. The number of hydrogen-bond acceptors (Lipinski definition) is 1. The Balaban J connectivity index is 0. The average Bonchev–Trinajstić information content (AvgIpc) is 2.21. The van der Waals surface area contributed by atoms with Crippen molar-refractivity contribution < 1.29 is 4.74 Å². The molecular formula is C14H26O. The molecule has 1 nitrogen and oxygen atoms in total. The number of benzene rings is 1. The van der Waals surface area contributed by atoms with Gasteiger partial charge in [0.2, 0.25) is 0 Å². The zero-order valence-electron chi connectivity index (χ0n) is 11.1. The monoisotopic (exact) mass is 210 g/mol. The number of rotatable bonds is 1. The maximum absolute atomic E-state index is 4.97. The largest absolute Gasteiger partial charge is 0.497 e. The van der Waals surface area contributed by atoms with E-state index in [4.69, 9.17) is 4.74 Å². The van der Waals surface area contributed by atoms with Crippen LogP contribution in [0.3, 0.4) is 0 Å². The molecule has 0 aromatic heterocycles. The van der Waals surface area contributed by atoms with Gasteiger partial charge in [-0.1, -0.05) is 58.2 Å². The van der Waals surface area contributed by atoms with Crippen LogP contribution in [0.2, 0.25) is 0 Å². The van der Waals surface area contributed by atoms with Crippen LogP contribution in [-0.2, 0) is 0 Å². The van der Waals surface area contributed by atoms with E-state index in [1.165, 1.54) is 18.4 Å². The summed E-state index contributed by atoms with van der Waals surface area (Å²) in [7, 11) is 1.67. The number of hydrogen-bond donors (Lipinski definition) is 0. The Morgan fingerprint density at radius 1 is 0.867 bits per heavy atom. The molecular weight excluding hydrogens is 184 g/mol. The molecule has 1 aromatic rings. The molecule has 0 aliphatic heterocycles. The first-order chi connectivity index (χ1) is 7.15. The van der Waals surface area contributed by atoms with Crippen molar-refractivity contribution in [1.82, 2.24) is 0 Å². The molecule has 1 heteroatoms. The summed E-state index contributed by atoms with van der Waals surface area (Å²) in [4.78, 5) is 0. The fraction of sp³-hybridized carbons (Fsp3) is 0.571. The fourth-order valence-corrected chi connectivity index (χ4v) is 0.674. The maximum Gasteiger partial charge on any atom is 0.118 e. The van der Waals surface area contributed by atoms with Gasteiger partial charge in [0.05, 0.1) is 7.11 Å². The predicted octanol–water partition coefficient (Wildman–Crippen LogP) is 4.84. The van der Waals surface area contributed by atoms with E-state index < -0.39 is 0 Å². The van der Waals surface area contributed by atoms with Crippen molar-refractivity contribution in [2.75, 3.05) is 7.11 Å². The van der Waals surface area contributed by atoms with Gasteiger partial charge in [-0.3, -0.25) is 0 Å². The summed E-state index contributed by atoms with van der Waals surface area (Å²) in [5, 5.41) is 0. The Morgan fingerprint density at radius 2 is 1.20 bits per heavy atom. The van der Waals surface area contributed by atoms with Crippen molar-refractivity contribution in [3.05, 3.63) is 29.8 Å². The van der Waals surface area contributed by atoms with Gasteiger partial charge < -0.3 is 4.74 Å². The van der Waals surface area contributed by atoms with Crippen LogP contribution in [0.1, 0.15) is 46.1 Å². The topological polar surface area (TPSA) is 9.23 Å². The van der Waals surface area contributed by atoms with Crippen molar-refractivity contribution in [1.29, 1.82) is 0 Å². The van der Waals surface area contributed by atoms with E-state index in [0.717, 1.165) is 5.75 Å². The van der Waals surface area contributed by atoms with Gasteiger partial charge in [0.15, 0.2) is 0 Å². The van der Waals surface area contributed by atoms with Crippen molar-refractivity contribution in [3.63, 3.8) is 0 Å². The zero-order chi connectivity index (χ0) is 12.1. The van der Waals surface area contributed by atoms with Gasteiger partial charge in [0.1, 0.15) is 5.75 Å². The molecule has 0 N–H and O–H groups in total. The molecule has 0 fully saturated rings. The van der Waals surface area contributed by atoms with Crippen LogP contribution in [0.25, 0.3) is 0 Å². The summed E-state index contributed by atoms with van der Waals surface area (Å²) in [6.07, 6.45) is 2.50. The summed E-state index contributed by atoms with van der Waals surface area (Å²) < 4.78 is 4.97. The molecule has 1 aromatic carbocycles. The quantitative estimate of drug-likeness (QED) is 0.644. The lowest BCUT2D eigenvalue weighted by molar-refractivity contribution is 0.414. The second-order valence-electron chi connectivity index (χ2n) is 3.43. The number of ether oxygens (including phenoxy) is 1. The number of aryl methyl sites for hydroxylation is 1. The molecule has 88 valence electrons. The first-order valence-electron chi connectivity index (χ1n) is 5.76. The van der Waals surface area contributed by atoms with Gasteiger partial charge >= 0.3 is 0 Å². The SMILES string of the molecule is CCC.CCC.COc1ccc(C)cc1. The summed E-state index contributed by atoms with van der Waals surface area (Å²) in [6, 6.07) is 7.96.